The van der Waals surface area contributed by atoms with Gasteiger partial charge in [-0.15, -0.1) is 22.7 Å². The van der Waals surface area contributed by atoms with Gasteiger partial charge in [0.05, 0.1) is 78.8 Å². The molecule has 9 heterocycles. The number of nitriles is 2. The van der Waals surface area contributed by atoms with Crippen LogP contribution in [0, 0.1) is 29.2 Å². The van der Waals surface area contributed by atoms with Gasteiger partial charge >= 0.3 is 0 Å². The molecule has 0 atom stereocenters. The molecule has 0 saturated heterocycles. The Morgan fingerprint density at radius 3 is 1.31 bits per heavy atom. The van der Waals surface area contributed by atoms with Crippen LogP contribution in [0.2, 0.25) is 0 Å². The van der Waals surface area contributed by atoms with Gasteiger partial charge in [-0.1, -0.05) is 261 Å². The highest BCUT2D eigenvalue weighted by Gasteiger charge is 2.25. The third kappa shape index (κ3) is 13.1. The van der Waals surface area contributed by atoms with Crippen LogP contribution >= 0.6 is 22.7 Å². The molecule has 0 bridgehead atoms. The van der Waals surface area contributed by atoms with E-state index in [0.29, 0.717) is 57.7 Å². The molecule has 15 nitrogen and oxygen atoms in total. The first-order valence-electron chi connectivity index (χ1n) is 42.4. The zero-order chi connectivity index (χ0) is 86.4. The van der Waals surface area contributed by atoms with E-state index in [1.807, 2.05) is 186 Å². The molecule has 0 aliphatic carbocycles. The van der Waals surface area contributed by atoms with Crippen molar-refractivity contribution < 1.29 is 4.42 Å². The van der Waals surface area contributed by atoms with Crippen molar-refractivity contribution in [1.82, 2.24) is 53.6 Å². The number of fused-ring (bicyclic) bond motifs is 20. The number of benzene rings is 17. The van der Waals surface area contributed by atoms with Crippen LogP contribution < -0.4 is 0 Å². The fourth-order valence-electron chi connectivity index (χ4n) is 18.1. The van der Waals surface area contributed by atoms with Gasteiger partial charge in [0.1, 0.15) is 11.2 Å². The fraction of sp³-hybridized carbons (Fsp3) is 0. The maximum absolute atomic E-state index is 9.53. The van der Waals surface area contributed by atoms with Gasteiger partial charge in [0.25, 0.3) is 0 Å². The summed E-state index contributed by atoms with van der Waals surface area (Å²) in [6.07, 6.45) is 0. The van der Waals surface area contributed by atoms with Gasteiger partial charge in [0, 0.05) is 129 Å². The summed E-state index contributed by atoms with van der Waals surface area (Å²) in [6, 6.07) is 136. The maximum atomic E-state index is 9.53. The van der Waals surface area contributed by atoms with Gasteiger partial charge in [-0.2, -0.15) is 10.5 Å². The number of hydrogen-bond acceptors (Lipinski definition) is 13. The molecule has 9 aromatic heterocycles. The van der Waals surface area contributed by atoms with Crippen molar-refractivity contribution >= 4 is 167 Å². The summed E-state index contributed by atoms with van der Waals surface area (Å²) in [5.41, 5.74) is 20.1. The van der Waals surface area contributed by atoms with Crippen molar-refractivity contribution in [3.63, 3.8) is 0 Å². The number of thiophene rings is 2. The molecule has 130 heavy (non-hydrogen) atoms. The molecule has 17 heteroatoms. The van der Waals surface area contributed by atoms with Crippen LogP contribution in [0.15, 0.2) is 393 Å². The van der Waals surface area contributed by atoms with E-state index >= 15 is 0 Å². The molecule has 26 rings (SSSR count). The minimum atomic E-state index is 0.512. The molecule has 17 aromatic carbocycles. The van der Waals surface area contributed by atoms with Gasteiger partial charge in [0.15, 0.2) is 40.6 Å². The minimum Gasteiger partial charge on any atom is -0.456 e. The van der Waals surface area contributed by atoms with Gasteiger partial charge in [-0.25, -0.2) is 44.7 Å². The van der Waals surface area contributed by atoms with E-state index in [1.165, 1.54) is 61.9 Å². The average molecular weight is 1700 g/mol. The summed E-state index contributed by atoms with van der Waals surface area (Å²) in [6.45, 7) is 7.34. The molecule has 26 aromatic rings. The summed E-state index contributed by atoms with van der Waals surface area (Å²) in [5.74, 6) is 4.02. The Labute approximate surface area is 750 Å². The number of furan rings is 1. The number of rotatable bonds is 10. The number of nitrogens with zero attached hydrogens (tertiary/aromatic N) is 14. The number of para-hydroxylation sites is 5. The summed E-state index contributed by atoms with van der Waals surface area (Å²) < 4.78 is 18.2. The topological polar surface area (TPSA) is 183 Å². The molecule has 0 spiro atoms. The molecular weight excluding hydrogens is 1630 g/mol. The van der Waals surface area contributed by atoms with Gasteiger partial charge < -0.3 is 13.6 Å². The lowest BCUT2D eigenvalue weighted by molar-refractivity contribution is 0.669. The second-order valence-electron chi connectivity index (χ2n) is 31.8. The van der Waals surface area contributed by atoms with Crippen LogP contribution in [-0.2, 0) is 0 Å². The zero-order valence-corrected chi connectivity index (χ0v) is 70.6. The van der Waals surface area contributed by atoms with E-state index < -0.39 is 0 Å². The van der Waals surface area contributed by atoms with E-state index in [9.17, 15) is 10.5 Å². The lowest BCUT2D eigenvalue weighted by atomic mass is 10.1. The second kappa shape index (κ2) is 31.5. The molecule has 0 aliphatic heterocycles. The van der Waals surface area contributed by atoms with Crippen LogP contribution in [0.1, 0.15) is 11.1 Å². The normalized spacial score (nSPS) is 11.5. The summed E-state index contributed by atoms with van der Waals surface area (Å²) in [4.78, 5) is 43.4. The zero-order valence-electron chi connectivity index (χ0n) is 68.9. The Balaban J connectivity index is 0.000000109. The van der Waals surface area contributed by atoms with Gasteiger partial charge in [0.2, 0.25) is 5.95 Å². The summed E-state index contributed by atoms with van der Waals surface area (Å²) in [7, 11) is 0. The Morgan fingerprint density at radius 2 is 0.715 bits per heavy atom. The van der Waals surface area contributed by atoms with Crippen molar-refractivity contribution in [1.29, 1.82) is 10.5 Å². The average Bonchev–Trinajstić information content (AvgIpc) is 1.57. The van der Waals surface area contributed by atoms with Gasteiger partial charge in [-0.3, -0.25) is 4.57 Å². The minimum absolute atomic E-state index is 0.512. The van der Waals surface area contributed by atoms with Crippen LogP contribution in [0.5, 0.6) is 0 Å². The highest BCUT2D eigenvalue weighted by molar-refractivity contribution is 7.27. The largest absolute Gasteiger partial charge is 0.456 e. The Morgan fingerprint density at radius 1 is 0.269 bits per heavy atom. The molecule has 604 valence electrons. The Hall–Kier alpha value is -17.8. The highest BCUT2D eigenvalue weighted by atomic mass is 32.1. The van der Waals surface area contributed by atoms with Crippen molar-refractivity contribution in [2.24, 2.45) is 0 Å². The number of hydrogen-bond donors (Lipinski definition) is 0. The van der Waals surface area contributed by atoms with Crippen LogP contribution in [-0.4, -0.2) is 53.6 Å². The fourth-order valence-corrected chi connectivity index (χ4v) is 20.5. The first-order chi connectivity index (χ1) is 64.3. The van der Waals surface area contributed by atoms with Crippen molar-refractivity contribution in [2.45, 2.75) is 0 Å². The SMILES string of the molecule is N#Cc1ccc(-c2nc(-c3ccccc3)nc(-c3cccc(-n4c5ccccc5c5cc6sc7ccccc7c6cc54)c3)n2)cc1.N#Cc1cccc(-c2nc(-c3ccccc3)nc(-c3cccc(-n4c5ccccc5c5cc6oc7ccccc7c6cc54)c3)n2)c1.[C-]#[N+]c1ccc(-c2nc(-n3c4ccccc4c4ccc5c6ccccc6sc5c43)nc3ccccc23)cc1. The molecule has 0 unspecified atom stereocenters. The molecule has 0 N–H and O–H groups in total. The van der Waals surface area contributed by atoms with E-state index in [4.69, 9.17) is 50.9 Å². The number of aromatic nitrogens is 11. The standard InChI is InChI=1S/C40H23N5O.C40H23N5S.C33H18N4S/c41-24-25-10-8-13-27(20-25)39-42-38(26-11-2-1-3-12-26)43-40(44-39)28-14-9-15-29(21-28)45-34-18-6-4-16-30(34)32-23-37-33(22-35(32)45)31-17-5-7-19-36(31)46-37;41-24-25-17-19-27(20-18-25)39-42-38(26-9-2-1-3-10-26)43-40(44-39)28-11-8-12-29(21-28)45-34-15-6-4-13-30(34)32-23-37-33(22-35(32)45)31-14-5-7-16-36(31)46-37;1-34-21-16-14-20(15-17-21)30-26-10-2-5-11-27(26)35-33(36-30)37-28-12-6-3-8-22(28)24-18-19-25-23-9-4-7-13-29(23)38-32(25)31(24)37/h2*1-23H;2-19H. The van der Waals surface area contributed by atoms with E-state index in [0.717, 1.165) is 133 Å². The highest BCUT2D eigenvalue weighted by Crippen LogP contribution is 2.47. The molecule has 0 radical (unpaired) electrons. The lowest BCUT2D eigenvalue weighted by Gasteiger charge is -2.12. The second-order valence-corrected chi connectivity index (χ2v) is 33.9. The smallest absolute Gasteiger partial charge is 0.235 e. The maximum Gasteiger partial charge on any atom is 0.235 e. The third-order valence-corrected chi connectivity index (χ3v) is 26.5. The van der Waals surface area contributed by atoms with Crippen molar-refractivity contribution in [3.05, 3.63) is 411 Å². The first kappa shape index (κ1) is 75.9. The van der Waals surface area contributed by atoms with Crippen LogP contribution in [0.3, 0.4) is 0 Å². The predicted octanol–water partition coefficient (Wildman–Crippen LogP) is 29.3. The quantitative estimate of drug-likeness (QED) is 0.119. The first-order valence-corrected chi connectivity index (χ1v) is 44.0. The molecule has 0 saturated carbocycles. The Bertz CT molecular complexity index is 9250. The van der Waals surface area contributed by atoms with Crippen molar-refractivity contribution in [3.8, 4) is 109 Å². The van der Waals surface area contributed by atoms with Crippen LogP contribution in [0.4, 0.5) is 5.69 Å². The Kier molecular flexibility index (Phi) is 18.4. The van der Waals surface area contributed by atoms with Crippen LogP contribution in [0.25, 0.3) is 240 Å². The van der Waals surface area contributed by atoms with Crippen molar-refractivity contribution in [2.75, 3.05) is 0 Å². The lowest BCUT2D eigenvalue weighted by Crippen LogP contribution is -2.03. The van der Waals surface area contributed by atoms with Gasteiger partial charge in [-0.05, 0) is 133 Å². The predicted molar refractivity (Wildman–Crippen MR) is 529 cm³/mol. The third-order valence-electron chi connectivity index (χ3n) is 24.2. The monoisotopic (exact) mass is 1700 g/mol. The molecule has 0 aliphatic rings. The van der Waals surface area contributed by atoms with E-state index in [-0.39, 0.29) is 0 Å². The molecular formula is C113H64N14OS2. The summed E-state index contributed by atoms with van der Waals surface area (Å²) >= 11 is 3.66. The summed E-state index contributed by atoms with van der Waals surface area (Å²) in [5, 5.41) is 34.2. The molecule has 0 amide bonds. The molecule has 0 fully saturated rings. The van der Waals surface area contributed by atoms with E-state index in [2.05, 4.69) is 237 Å². The van der Waals surface area contributed by atoms with E-state index in [1.54, 1.807) is 18.2 Å².